The molecule has 0 aliphatic carbocycles. The second-order valence-corrected chi connectivity index (χ2v) is 6.61. The maximum absolute atomic E-state index is 12.8. The van der Waals surface area contributed by atoms with Gasteiger partial charge in [0.15, 0.2) is 5.69 Å². The highest BCUT2D eigenvalue weighted by Crippen LogP contribution is 2.24. The summed E-state index contributed by atoms with van der Waals surface area (Å²) < 4.78 is 5.29. The van der Waals surface area contributed by atoms with Crippen LogP contribution in [-0.4, -0.2) is 28.6 Å². The Bertz CT molecular complexity index is 648. The van der Waals surface area contributed by atoms with Crippen molar-refractivity contribution in [3.63, 3.8) is 0 Å². The minimum Gasteiger partial charge on any atom is -0.360 e. The van der Waals surface area contributed by atoms with Gasteiger partial charge >= 0.3 is 0 Å². The lowest BCUT2D eigenvalue weighted by Gasteiger charge is -2.35. The van der Waals surface area contributed by atoms with Crippen LogP contribution in [0, 0.1) is 0 Å². The van der Waals surface area contributed by atoms with Crippen LogP contribution in [0.1, 0.15) is 60.8 Å². The zero-order valence-electron chi connectivity index (χ0n) is 13.9. The van der Waals surface area contributed by atoms with E-state index in [-0.39, 0.29) is 17.9 Å². The van der Waals surface area contributed by atoms with Gasteiger partial charge in [-0.25, -0.2) is 0 Å². The van der Waals surface area contributed by atoms with Crippen LogP contribution in [0.15, 0.2) is 40.9 Å². The number of hydrogen-bond donors (Lipinski definition) is 0. The molecule has 1 fully saturated rings. The molecule has 0 bridgehead atoms. The monoisotopic (exact) mass is 312 g/mol. The van der Waals surface area contributed by atoms with Crippen LogP contribution in [0.5, 0.6) is 0 Å². The van der Waals surface area contributed by atoms with Crippen LogP contribution in [0.4, 0.5) is 0 Å². The first-order valence-electron chi connectivity index (χ1n) is 8.46. The van der Waals surface area contributed by atoms with Crippen molar-refractivity contribution in [2.45, 2.75) is 51.5 Å². The number of hydrogen-bond acceptors (Lipinski definition) is 3. The first kappa shape index (κ1) is 15.8. The number of amides is 1. The molecule has 1 aliphatic rings. The molecule has 2 aromatic rings. The number of benzene rings is 1. The van der Waals surface area contributed by atoms with E-state index in [4.69, 9.17) is 4.52 Å². The molecular formula is C19H24N2O2. The molecule has 4 heteroatoms. The van der Waals surface area contributed by atoms with Gasteiger partial charge in [0.05, 0.1) is 0 Å². The van der Waals surface area contributed by atoms with E-state index in [1.807, 2.05) is 24.8 Å². The predicted octanol–water partition coefficient (Wildman–Crippen LogP) is 4.04. The maximum atomic E-state index is 12.8. The van der Waals surface area contributed by atoms with Crippen LogP contribution in [-0.2, 0) is 6.42 Å². The Hall–Kier alpha value is -2.10. The van der Waals surface area contributed by atoms with Gasteiger partial charge < -0.3 is 9.42 Å². The fourth-order valence-corrected chi connectivity index (χ4v) is 3.18. The Kier molecular flexibility index (Phi) is 4.79. The van der Waals surface area contributed by atoms with E-state index in [9.17, 15) is 4.79 Å². The van der Waals surface area contributed by atoms with Crippen molar-refractivity contribution in [2.75, 3.05) is 6.54 Å². The molecule has 122 valence electrons. The van der Waals surface area contributed by atoms with Gasteiger partial charge in [-0.3, -0.25) is 4.79 Å². The number of piperidine rings is 1. The SMILES string of the molecule is CC(C)c1cc(C(=O)N2CCCC[C@@H]2Cc2ccccc2)no1. The van der Waals surface area contributed by atoms with Gasteiger partial charge in [-0.1, -0.05) is 49.3 Å². The molecule has 1 amide bonds. The standard InChI is InChI=1S/C19H24N2O2/c1-14(2)18-13-17(20-23-18)19(22)21-11-7-6-10-16(21)12-15-8-4-3-5-9-15/h3-5,8-9,13-14,16H,6-7,10-12H2,1-2H3/t16-/m1/s1. The highest BCUT2D eigenvalue weighted by atomic mass is 16.5. The van der Waals surface area contributed by atoms with E-state index in [2.05, 4.69) is 29.4 Å². The first-order valence-corrected chi connectivity index (χ1v) is 8.46. The number of carbonyl (C=O) groups is 1. The van der Waals surface area contributed by atoms with E-state index in [0.29, 0.717) is 5.69 Å². The molecule has 0 N–H and O–H groups in total. The zero-order chi connectivity index (χ0) is 16.2. The van der Waals surface area contributed by atoms with Crippen molar-refractivity contribution in [3.05, 3.63) is 53.4 Å². The Morgan fingerprint density at radius 1 is 1.30 bits per heavy atom. The second kappa shape index (κ2) is 6.99. The second-order valence-electron chi connectivity index (χ2n) is 6.61. The molecule has 0 unspecified atom stereocenters. The summed E-state index contributed by atoms with van der Waals surface area (Å²) in [6.45, 7) is 4.88. The molecule has 1 saturated heterocycles. The zero-order valence-corrected chi connectivity index (χ0v) is 13.9. The number of carbonyl (C=O) groups excluding carboxylic acids is 1. The number of rotatable bonds is 4. The smallest absolute Gasteiger partial charge is 0.276 e. The molecule has 1 aromatic carbocycles. The van der Waals surface area contributed by atoms with Gasteiger partial charge in [0.1, 0.15) is 5.76 Å². The van der Waals surface area contributed by atoms with Crippen LogP contribution in [0.25, 0.3) is 0 Å². The lowest BCUT2D eigenvalue weighted by Crippen LogP contribution is -2.45. The van der Waals surface area contributed by atoms with Crippen LogP contribution < -0.4 is 0 Å². The average molecular weight is 312 g/mol. The van der Waals surface area contributed by atoms with E-state index >= 15 is 0 Å². The third kappa shape index (κ3) is 3.63. The van der Waals surface area contributed by atoms with Gasteiger partial charge in [0.2, 0.25) is 0 Å². The summed E-state index contributed by atoms with van der Waals surface area (Å²) >= 11 is 0. The average Bonchev–Trinajstić information content (AvgIpc) is 3.06. The van der Waals surface area contributed by atoms with Gasteiger partial charge in [-0.05, 0) is 31.2 Å². The molecule has 3 rings (SSSR count). The van der Waals surface area contributed by atoms with E-state index in [1.165, 1.54) is 12.0 Å². The number of likely N-dealkylation sites (tertiary alicyclic amines) is 1. The minimum atomic E-state index is 0.00119. The molecular weight excluding hydrogens is 288 g/mol. The summed E-state index contributed by atoms with van der Waals surface area (Å²) in [5.41, 5.74) is 1.72. The Morgan fingerprint density at radius 3 is 2.78 bits per heavy atom. The summed E-state index contributed by atoms with van der Waals surface area (Å²) in [6, 6.07) is 12.4. The van der Waals surface area contributed by atoms with Crippen LogP contribution in [0.2, 0.25) is 0 Å². The van der Waals surface area contributed by atoms with Crippen molar-refractivity contribution in [1.29, 1.82) is 0 Å². The van der Waals surface area contributed by atoms with Crippen molar-refractivity contribution in [3.8, 4) is 0 Å². The van der Waals surface area contributed by atoms with Gasteiger partial charge in [0, 0.05) is 24.6 Å². The van der Waals surface area contributed by atoms with Gasteiger partial charge in [-0.15, -0.1) is 0 Å². The number of nitrogens with zero attached hydrogens (tertiary/aromatic N) is 2. The lowest BCUT2D eigenvalue weighted by atomic mass is 9.95. The highest BCUT2D eigenvalue weighted by molar-refractivity contribution is 5.92. The van der Waals surface area contributed by atoms with E-state index < -0.39 is 0 Å². The molecule has 23 heavy (non-hydrogen) atoms. The van der Waals surface area contributed by atoms with Crippen molar-refractivity contribution in [1.82, 2.24) is 10.1 Å². The molecule has 1 aromatic heterocycles. The third-order valence-corrected chi connectivity index (χ3v) is 4.52. The molecule has 1 aliphatic heterocycles. The topological polar surface area (TPSA) is 46.3 Å². The maximum Gasteiger partial charge on any atom is 0.276 e. The van der Waals surface area contributed by atoms with Crippen molar-refractivity contribution < 1.29 is 9.32 Å². The molecule has 0 radical (unpaired) electrons. The molecule has 1 atom stereocenters. The Labute approximate surface area is 137 Å². The van der Waals surface area contributed by atoms with Crippen molar-refractivity contribution >= 4 is 5.91 Å². The molecule has 0 spiro atoms. The summed E-state index contributed by atoms with van der Waals surface area (Å²) in [7, 11) is 0. The summed E-state index contributed by atoms with van der Waals surface area (Å²) in [5.74, 6) is 1.01. The fraction of sp³-hybridized carbons (Fsp3) is 0.474. The van der Waals surface area contributed by atoms with Crippen molar-refractivity contribution in [2.24, 2.45) is 0 Å². The summed E-state index contributed by atoms with van der Waals surface area (Å²) in [5, 5.41) is 3.99. The normalized spacial score (nSPS) is 18.4. The molecule has 2 heterocycles. The predicted molar refractivity (Wildman–Crippen MR) is 89.4 cm³/mol. The van der Waals surface area contributed by atoms with E-state index in [1.54, 1.807) is 6.07 Å². The van der Waals surface area contributed by atoms with Crippen LogP contribution in [0.3, 0.4) is 0 Å². The number of aromatic nitrogens is 1. The Morgan fingerprint density at radius 2 is 2.09 bits per heavy atom. The largest absolute Gasteiger partial charge is 0.360 e. The molecule has 4 nitrogen and oxygen atoms in total. The van der Waals surface area contributed by atoms with E-state index in [0.717, 1.165) is 31.6 Å². The lowest BCUT2D eigenvalue weighted by molar-refractivity contribution is 0.0603. The molecule has 0 saturated carbocycles. The summed E-state index contributed by atoms with van der Waals surface area (Å²) in [4.78, 5) is 14.8. The first-order chi connectivity index (χ1) is 11.1. The van der Waals surface area contributed by atoms with Gasteiger partial charge in [0.25, 0.3) is 5.91 Å². The minimum absolute atomic E-state index is 0.00119. The fourth-order valence-electron chi connectivity index (χ4n) is 3.18. The third-order valence-electron chi connectivity index (χ3n) is 4.52. The Balaban J connectivity index is 1.76. The highest BCUT2D eigenvalue weighted by Gasteiger charge is 2.29. The van der Waals surface area contributed by atoms with Crippen LogP contribution >= 0.6 is 0 Å². The summed E-state index contributed by atoms with van der Waals surface area (Å²) in [6.07, 6.45) is 4.19. The van der Waals surface area contributed by atoms with Gasteiger partial charge in [-0.2, -0.15) is 0 Å². The quantitative estimate of drug-likeness (QED) is 0.856.